The van der Waals surface area contributed by atoms with E-state index in [1.807, 2.05) is 44.2 Å². The highest BCUT2D eigenvalue weighted by Gasteiger charge is 2.41. The summed E-state index contributed by atoms with van der Waals surface area (Å²) >= 11 is 0. The molecule has 1 aromatic rings. The molecule has 0 radical (unpaired) electrons. The van der Waals surface area contributed by atoms with E-state index in [-0.39, 0.29) is 6.23 Å². The third kappa shape index (κ3) is 4.30. The maximum absolute atomic E-state index is 11.6. The number of ether oxygens (including phenoxy) is 1. The zero-order valence-electron chi connectivity index (χ0n) is 12.3. The summed E-state index contributed by atoms with van der Waals surface area (Å²) in [5, 5.41) is 0.957. The van der Waals surface area contributed by atoms with E-state index in [1.165, 1.54) is 0 Å². The van der Waals surface area contributed by atoms with Crippen LogP contribution < -0.4 is 5.19 Å². The predicted molar refractivity (Wildman–Crippen MR) is 80.9 cm³/mol. The van der Waals surface area contributed by atoms with Crippen molar-refractivity contribution in [1.29, 1.82) is 0 Å². The molecule has 0 atom stereocenters. The Morgan fingerprint density at radius 2 is 1.70 bits per heavy atom. The largest absolute Gasteiger partial charge is 0.460 e. The molecule has 0 fully saturated rings. The molecule has 0 bridgehead atoms. The summed E-state index contributed by atoms with van der Waals surface area (Å²) < 4.78 is 17.1. The first kappa shape index (κ1) is 16.6. The minimum Gasteiger partial charge on any atom is -0.460 e. The summed E-state index contributed by atoms with van der Waals surface area (Å²) in [4.78, 5) is 11.6. The second-order valence-electron chi connectivity index (χ2n) is 4.34. The second-order valence-corrected chi connectivity index (χ2v) is 7.29. The summed E-state index contributed by atoms with van der Waals surface area (Å²) in [5.74, 6) is -0.419. The van der Waals surface area contributed by atoms with Gasteiger partial charge in [-0.2, -0.15) is 0 Å². The molecule has 0 heterocycles. The first-order valence-corrected chi connectivity index (χ1v) is 8.74. The number of carbonyl (C=O) groups is 1. The molecule has 0 saturated carbocycles. The zero-order valence-corrected chi connectivity index (χ0v) is 13.3. The number of carbonyl (C=O) groups excluding carboxylic acids is 1. The predicted octanol–water partition coefficient (Wildman–Crippen LogP) is 2.07. The maximum atomic E-state index is 11.6. The van der Waals surface area contributed by atoms with Crippen LogP contribution in [0, 0.1) is 0 Å². The van der Waals surface area contributed by atoms with Crippen molar-refractivity contribution in [3.8, 4) is 0 Å². The van der Waals surface area contributed by atoms with Gasteiger partial charge in [-0.05, 0) is 26.0 Å². The fourth-order valence-electron chi connectivity index (χ4n) is 1.82. The van der Waals surface area contributed by atoms with E-state index >= 15 is 0 Å². The van der Waals surface area contributed by atoms with Crippen molar-refractivity contribution in [2.24, 2.45) is 0 Å². The molecule has 0 unspecified atom stereocenters. The van der Waals surface area contributed by atoms with Crippen LogP contribution >= 0.6 is 0 Å². The normalized spacial score (nSPS) is 11.2. The van der Waals surface area contributed by atoms with E-state index < -0.39 is 14.5 Å². The lowest BCUT2D eigenvalue weighted by atomic mass is 10.4. The van der Waals surface area contributed by atoms with Crippen LogP contribution in [0.3, 0.4) is 0 Å². The smallest absolute Gasteiger partial charge is 0.411 e. The topological polar surface area (TPSA) is 44.8 Å². The molecule has 0 amide bonds. The van der Waals surface area contributed by atoms with Crippen molar-refractivity contribution in [3.63, 3.8) is 0 Å². The second kappa shape index (κ2) is 7.99. The van der Waals surface area contributed by atoms with Gasteiger partial charge in [0.2, 0.25) is 0 Å². The van der Waals surface area contributed by atoms with Gasteiger partial charge in [0.15, 0.2) is 0 Å². The SMILES string of the molecule is C=C(C)C(=O)OC[Si](OCC)(OCC)c1ccccc1. The molecule has 1 rings (SSSR count). The molecule has 5 heteroatoms. The van der Waals surface area contributed by atoms with E-state index in [9.17, 15) is 4.79 Å². The highest BCUT2D eigenvalue weighted by molar-refractivity contribution is 6.81. The van der Waals surface area contributed by atoms with Gasteiger partial charge in [0.05, 0.1) is 0 Å². The third-order valence-corrected chi connectivity index (χ3v) is 5.96. The van der Waals surface area contributed by atoms with Gasteiger partial charge in [-0.3, -0.25) is 0 Å². The Kier molecular flexibility index (Phi) is 6.64. The molecular weight excluding hydrogens is 272 g/mol. The molecule has 110 valence electrons. The van der Waals surface area contributed by atoms with Gasteiger partial charge in [-0.15, -0.1) is 0 Å². The first-order chi connectivity index (χ1) is 9.55. The Bertz CT molecular complexity index is 438. The Morgan fingerprint density at radius 1 is 1.15 bits per heavy atom. The van der Waals surface area contributed by atoms with Gasteiger partial charge in [-0.1, -0.05) is 36.9 Å². The fraction of sp³-hybridized carbons (Fsp3) is 0.400. The van der Waals surface area contributed by atoms with Crippen LogP contribution in [0.25, 0.3) is 0 Å². The lowest BCUT2D eigenvalue weighted by Crippen LogP contribution is -2.58. The number of hydrogen-bond donors (Lipinski definition) is 0. The van der Waals surface area contributed by atoms with E-state index in [1.54, 1.807) is 6.92 Å². The van der Waals surface area contributed by atoms with Crippen molar-refractivity contribution >= 4 is 19.7 Å². The van der Waals surface area contributed by atoms with Crippen molar-refractivity contribution < 1.29 is 18.4 Å². The number of esters is 1. The average Bonchev–Trinajstić information content (AvgIpc) is 2.45. The van der Waals surface area contributed by atoms with Crippen LogP contribution in [0.1, 0.15) is 20.8 Å². The number of benzene rings is 1. The fourth-order valence-corrected chi connectivity index (χ4v) is 4.52. The van der Waals surface area contributed by atoms with Gasteiger partial charge in [0, 0.05) is 18.8 Å². The average molecular weight is 294 g/mol. The number of rotatable bonds is 8. The maximum Gasteiger partial charge on any atom is 0.411 e. The van der Waals surface area contributed by atoms with Crippen molar-refractivity contribution in [3.05, 3.63) is 42.5 Å². The monoisotopic (exact) mass is 294 g/mol. The first-order valence-electron chi connectivity index (χ1n) is 6.71. The Morgan fingerprint density at radius 3 is 2.15 bits per heavy atom. The minimum absolute atomic E-state index is 0.129. The van der Waals surface area contributed by atoms with E-state index in [4.69, 9.17) is 13.6 Å². The molecule has 20 heavy (non-hydrogen) atoms. The Labute approximate surface area is 121 Å². The van der Waals surface area contributed by atoms with E-state index in [0.29, 0.717) is 18.8 Å². The van der Waals surface area contributed by atoms with Crippen LogP contribution in [0.5, 0.6) is 0 Å². The molecule has 4 nitrogen and oxygen atoms in total. The van der Waals surface area contributed by atoms with Crippen LogP contribution in [0.15, 0.2) is 42.5 Å². The lowest BCUT2D eigenvalue weighted by Gasteiger charge is -2.29. The van der Waals surface area contributed by atoms with Gasteiger partial charge in [0.25, 0.3) is 0 Å². The van der Waals surface area contributed by atoms with Gasteiger partial charge >= 0.3 is 14.5 Å². The van der Waals surface area contributed by atoms with Crippen molar-refractivity contribution in [1.82, 2.24) is 0 Å². The molecule has 0 aliphatic rings. The van der Waals surface area contributed by atoms with Crippen LogP contribution in [-0.2, 0) is 18.4 Å². The summed E-state index contributed by atoms with van der Waals surface area (Å²) in [6, 6.07) is 9.68. The van der Waals surface area contributed by atoms with Gasteiger partial charge < -0.3 is 13.6 Å². The molecule has 0 saturated heterocycles. The zero-order chi connectivity index (χ0) is 15.0. The molecule has 0 spiro atoms. The molecule has 1 aromatic carbocycles. The van der Waals surface area contributed by atoms with Crippen molar-refractivity contribution in [2.75, 3.05) is 19.4 Å². The van der Waals surface area contributed by atoms with Crippen molar-refractivity contribution in [2.45, 2.75) is 20.8 Å². The Hall–Kier alpha value is -1.43. The highest BCUT2D eigenvalue weighted by Crippen LogP contribution is 2.11. The van der Waals surface area contributed by atoms with Gasteiger partial charge in [-0.25, -0.2) is 4.79 Å². The molecule has 0 aliphatic heterocycles. The summed E-state index contributed by atoms with van der Waals surface area (Å²) in [6.45, 7) is 10.0. The van der Waals surface area contributed by atoms with Crippen LogP contribution in [0.2, 0.25) is 0 Å². The molecular formula is C15H22O4Si. The third-order valence-electron chi connectivity index (χ3n) is 2.71. The standard InChI is InChI=1S/C15H22O4Si/c1-5-18-20(19-6-2,12-17-15(16)13(3)4)14-10-8-7-9-11-14/h7-11H,3,5-6,12H2,1-2,4H3. The summed E-state index contributed by atoms with van der Waals surface area (Å²) in [5.41, 5.74) is 0.369. The minimum atomic E-state index is -2.76. The quantitative estimate of drug-likeness (QED) is 0.418. The molecule has 0 aromatic heterocycles. The summed E-state index contributed by atoms with van der Waals surface area (Å²) in [7, 11) is -2.76. The number of hydrogen-bond acceptors (Lipinski definition) is 4. The lowest BCUT2D eigenvalue weighted by molar-refractivity contribution is -0.137. The molecule has 0 aliphatic carbocycles. The van der Waals surface area contributed by atoms with E-state index in [2.05, 4.69) is 6.58 Å². The van der Waals surface area contributed by atoms with Crippen LogP contribution in [0.4, 0.5) is 0 Å². The highest BCUT2D eigenvalue weighted by atomic mass is 28.4. The summed E-state index contributed by atoms with van der Waals surface area (Å²) in [6.07, 6.45) is 0.129. The molecule has 0 N–H and O–H groups in total. The van der Waals surface area contributed by atoms with Crippen LogP contribution in [-0.4, -0.2) is 34.0 Å². The van der Waals surface area contributed by atoms with Gasteiger partial charge in [0.1, 0.15) is 6.23 Å². The van der Waals surface area contributed by atoms with E-state index in [0.717, 1.165) is 5.19 Å². The Balaban J connectivity index is 2.99.